The maximum atomic E-state index is 12.9. The molecule has 0 aliphatic heterocycles. The summed E-state index contributed by atoms with van der Waals surface area (Å²) in [5.41, 5.74) is 0. The third-order valence-corrected chi connectivity index (χ3v) is 14.4. The van der Waals surface area contributed by atoms with Gasteiger partial charge < -0.3 is 14.2 Å². The van der Waals surface area contributed by atoms with Crippen molar-refractivity contribution in [3.8, 4) is 0 Å². The van der Waals surface area contributed by atoms with Crippen molar-refractivity contribution < 1.29 is 28.6 Å². The average molecular weight is 1070 g/mol. The Kier molecular flexibility index (Phi) is 62.2. The van der Waals surface area contributed by atoms with Gasteiger partial charge in [-0.25, -0.2) is 0 Å². The monoisotopic (exact) mass is 1070 g/mol. The number of esters is 3. The summed E-state index contributed by atoms with van der Waals surface area (Å²) in [5.74, 6) is -0.932. The maximum absolute atomic E-state index is 12.9. The Hall–Kier alpha value is -3.41. The van der Waals surface area contributed by atoms with Gasteiger partial charge in [-0.2, -0.15) is 0 Å². The minimum atomic E-state index is -0.803. The molecule has 0 rings (SSSR count). The highest BCUT2D eigenvalue weighted by atomic mass is 16.6. The van der Waals surface area contributed by atoms with Crippen LogP contribution in [0.4, 0.5) is 0 Å². The van der Waals surface area contributed by atoms with Gasteiger partial charge in [0.2, 0.25) is 0 Å². The van der Waals surface area contributed by atoms with Gasteiger partial charge in [-0.15, -0.1) is 0 Å². The van der Waals surface area contributed by atoms with Crippen LogP contribution in [0.5, 0.6) is 0 Å². The van der Waals surface area contributed by atoms with Crippen LogP contribution < -0.4 is 0 Å². The molecule has 0 amide bonds. The molecule has 0 saturated heterocycles. The lowest BCUT2D eigenvalue weighted by molar-refractivity contribution is -0.167. The van der Waals surface area contributed by atoms with Gasteiger partial charge in [0.25, 0.3) is 0 Å². The van der Waals surface area contributed by atoms with Crippen molar-refractivity contribution in [1.82, 2.24) is 0 Å². The number of hydrogen-bond donors (Lipinski definition) is 0. The van der Waals surface area contributed by atoms with Gasteiger partial charge in [-0.1, -0.05) is 298 Å². The molecule has 1 unspecified atom stereocenters. The molecule has 0 bridgehead atoms. The van der Waals surface area contributed by atoms with Crippen LogP contribution in [0.15, 0.2) is 85.1 Å². The number of rotatable bonds is 60. The SMILES string of the molecule is CC/C=C\C/C=C\C/C=C\C/C=C\C/C=C\C/C=C\CCCCC(=O)OC(COC(=O)CCCCCCC/C=C\CCCCCCC)COC(=O)CCCCCCCCCCCCCCCCCCCCCCCCCC. The first-order chi connectivity index (χ1) is 38.0. The van der Waals surface area contributed by atoms with Crippen molar-refractivity contribution in [2.75, 3.05) is 13.2 Å². The van der Waals surface area contributed by atoms with E-state index in [-0.39, 0.29) is 37.5 Å². The van der Waals surface area contributed by atoms with Gasteiger partial charge in [0.05, 0.1) is 0 Å². The molecule has 0 aliphatic rings. The molecule has 0 saturated carbocycles. The van der Waals surface area contributed by atoms with E-state index in [1.165, 1.54) is 186 Å². The fourth-order valence-electron chi connectivity index (χ4n) is 9.44. The van der Waals surface area contributed by atoms with E-state index in [9.17, 15) is 14.4 Å². The highest BCUT2D eigenvalue weighted by molar-refractivity contribution is 5.71. The minimum absolute atomic E-state index is 0.0942. The topological polar surface area (TPSA) is 78.9 Å². The summed E-state index contributed by atoms with van der Waals surface area (Å²) >= 11 is 0. The summed E-state index contributed by atoms with van der Waals surface area (Å²) in [5, 5.41) is 0. The van der Waals surface area contributed by atoms with Gasteiger partial charge in [-0.3, -0.25) is 14.4 Å². The molecule has 77 heavy (non-hydrogen) atoms. The van der Waals surface area contributed by atoms with Crippen molar-refractivity contribution in [3.63, 3.8) is 0 Å². The van der Waals surface area contributed by atoms with Gasteiger partial charge in [-0.05, 0) is 96.3 Å². The summed E-state index contributed by atoms with van der Waals surface area (Å²) in [4.78, 5) is 38.3. The first-order valence-electron chi connectivity index (χ1n) is 33.1. The third kappa shape index (κ3) is 63.3. The lowest BCUT2D eigenvalue weighted by atomic mass is 10.0. The first-order valence-corrected chi connectivity index (χ1v) is 33.1. The van der Waals surface area contributed by atoms with Crippen LogP contribution in [0.2, 0.25) is 0 Å². The fraction of sp³-hybridized carbons (Fsp3) is 0.761. The second-order valence-electron chi connectivity index (χ2n) is 22.0. The van der Waals surface area contributed by atoms with Crippen LogP contribution in [0.1, 0.15) is 329 Å². The highest BCUT2D eigenvalue weighted by Gasteiger charge is 2.19. The molecule has 0 fully saturated rings. The zero-order valence-corrected chi connectivity index (χ0v) is 51.0. The lowest BCUT2D eigenvalue weighted by Gasteiger charge is -2.18. The van der Waals surface area contributed by atoms with Gasteiger partial charge in [0, 0.05) is 19.3 Å². The van der Waals surface area contributed by atoms with Gasteiger partial charge in [0.15, 0.2) is 6.10 Å². The molecule has 0 aromatic rings. The van der Waals surface area contributed by atoms with Crippen molar-refractivity contribution in [1.29, 1.82) is 0 Å². The quantitative estimate of drug-likeness (QED) is 0.0261. The molecule has 0 aromatic heterocycles. The van der Waals surface area contributed by atoms with Gasteiger partial charge >= 0.3 is 17.9 Å². The summed E-state index contributed by atoms with van der Waals surface area (Å²) in [6, 6.07) is 0. The summed E-state index contributed by atoms with van der Waals surface area (Å²) in [7, 11) is 0. The fourth-order valence-corrected chi connectivity index (χ4v) is 9.44. The molecule has 6 nitrogen and oxygen atoms in total. The minimum Gasteiger partial charge on any atom is -0.462 e. The van der Waals surface area contributed by atoms with E-state index in [4.69, 9.17) is 14.2 Å². The third-order valence-electron chi connectivity index (χ3n) is 14.4. The van der Waals surface area contributed by atoms with Crippen LogP contribution in [0.3, 0.4) is 0 Å². The number of carbonyl (C=O) groups is 3. The van der Waals surface area contributed by atoms with Crippen LogP contribution in [-0.2, 0) is 28.6 Å². The molecule has 0 aliphatic carbocycles. The van der Waals surface area contributed by atoms with Crippen LogP contribution in [0.25, 0.3) is 0 Å². The van der Waals surface area contributed by atoms with E-state index in [0.717, 1.165) is 96.3 Å². The smallest absolute Gasteiger partial charge is 0.306 e. The number of ether oxygens (including phenoxy) is 3. The Bertz CT molecular complexity index is 1470. The Morgan fingerprint density at radius 1 is 0.273 bits per heavy atom. The number of unbranched alkanes of at least 4 members (excludes halogenated alkanes) is 35. The van der Waals surface area contributed by atoms with Crippen LogP contribution in [0, 0.1) is 0 Å². The molecule has 0 spiro atoms. The molecule has 0 radical (unpaired) electrons. The second-order valence-corrected chi connectivity index (χ2v) is 22.0. The van der Waals surface area contributed by atoms with Crippen LogP contribution in [-0.4, -0.2) is 37.2 Å². The van der Waals surface area contributed by atoms with Crippen molar-refractivity contribution in [3.05, 3.63) is 85.1 Å². The molecular formula is C71H124O6. The number of allylic oxidation sites excluding steroid dienone is 14. The van der Waals surface area contributed by atoms with E-state index < -0.39 is 6.10 Å². The molecule has 0 N–H and O–H groups in total. The predicted octanol–water partition coefficient (Wildman–Crippen LogP) is 22.7. The van der Waals surface area contributed by atoms with Crippen molar-refractivity contribution in [2.24, 2.45) is 0 Å². The summed E-state index contributed by atoms with van der Waals surface area (Å²) in [6.07, 6.45) is 86.0. The molecule has 0 aromatic carbocycles. The van der Waals surface area contributed by atoms with E-state index in [1.54, 1.807) is 0 Å². The van der Waals surface area contributed by atoms with Crippen molar-refractivity contribution >= 4 is 17.9 Å². The molecule has 6 heteroatoms. The van der Waals surface area contributed by atoms with E-state index >= 15 is 0 Å². The molecule has 0 heterocycles. The standard InChI is InChI=1S/C71H124O6/c1-4-7-10-13-16-19-22-25-28-30-32-34-35-36-38-39-41-43-46-49-52-55-58-61-64-70(73)76-67-68(66-75-69(72)63-60-57-54-51-48-45-27-24-21-18-15-12-9-6-3)77-71(74)65-62-59-56-53-50-47-44-42-40-37-33-31-29-26-23-20-17-14-11-8-5-2/h8,11,17,20,24,26-27,29,33,37,42,44,50,53,68H,4-7,9-10,12-16,18-19,21-23,25,28,30-32,34-36,38-41,43,45-49,51-52,54-67H2,1-3H3/b11-8-,20-17-,27-24-,29-26-,37-33-,44-42-,53-50-. The zero-order chi connectivity index (χ0) is 55.7. The Morgan fingerprint density at radius 3 is 0.831 bits per heavy atom. The van der Waals surface area contributed by atoms with Crippen LogP contribution >= 0.6 is 0 Å². The Morgan fingerprint density at radius 2 is 0.506 bits per heavy atom. The normalized spacial score (nSPS) is 12.6. The lowest BCUT2D eigenvalue weighted by Crippen LogP contribution is -2.30. The number of hydrogen-bond acceptors (Lipinski definition) is 6. The Labute approximate surface area is 477 Å². The summed E-state index contributed by atoms with van der Waals surface area (Å²) in [6.45, 7) is 6.52. The average Bonchev–Trinajstić information content (AvgIpc) is 3.43. The first kappa shape index (κ1) is 73.6. The van der Waals surface area contributed by atoms with E-state index in [1.807, 2.05) is 0 Å². The highest BCUT2D eigenvalue weighted by Crippen LogP contribution is 2.17. The largest absolute Gasteiger partial charge is 0.462 e. The maximum Gasteiger partial charge on any atom is 0.306 e. The zero-order valence-electron chi connectivity index (χ0n) is 51.0. The van der Waals surface area contributed by atoms with E-state index in [2.05, 4.69) is 106 Å². The Balaban J connectivity index is 4.37. The summed E-state index contributed by atoms with van der Waals surface area (Å²) < 4.78 is 16.9. The molecular weight excluding hydrogens is 949 g/mol. The van der Waals surface area contributed by atoms with Crippen molar-refractivity contribution in [2.45, 2.75) is 335 Å². The predicted molar refractivity (Wildman–Crippen MR) is 334 cm³/mol. The van der Waals surface area contributed by atoms with Gasteiger partial charge in [0.1, 0.15) is 13.2 Å². The molecule has 1 atom stereocenters. The molecule has 444 valence electrons. The second kappa shape index (κ2) is 65.1. The number of carbonyl (C=O) groups excluding carboxylic acids is 3. The van der Waals surface area contributed by atoms with E-state index in [0.29, 0.717) is 19.3 Å².